The highest BCUT2D eigenvalue weighted by atomic mass is 19.4. The van der Waals surface area contributed by atoms with Crippen LogP contribution in [-0.2, 0) is 4.74 Å². The second kappa shape index (κ2) is 9.09. The Morgan fingerprint density at radius 2 is 1.86 bits per heavy atom. The van der Waals surface area contributed by atoms with Crippen molar-refractivity contribution in [2.24, 2.45) is 0 Å². The lowest BCUT2D eigenvalue weighted by Crippen LogP contribution is -2.49. The summed E-state index contributed by atoms with van der Waals surface area (Å²) in [7, 11) is 0. The fraction of sp³-hybridized carbons (Fsp3) is 0.524. The number of rotatable bonds is 6. The van der Waals surface area contributed by atoms with Crippen LogP contribution in [0.5, 0.6) is 0 Å². The van der Waals surface area contributed by atoms with Gasteiger partial charge in [-0.05, 0) is 38.5 Å². The van der Waals surface area contributed by atoms with Crippen LogP contribution in [0, 0.1) is 13.8 Å². The van der Waals surface area contributed by atoms with Crippen LogP contribution in [0.15, 0.2) is 24.3 Å². The van der Waals surface area contributed by atoms with Gasteiger partial charge in [0, 0.05) is 50.4 Å². The van der Waals surface area contributed by atoms with Crippen LogP contribution < -0.4 is 0 Å². The molecule has 1 aliphatic rings. The zero-order valence-electron chi connectivity index (χ0n) is 16.8. The van der Waals surface area contributed by atoms with Gasteiger partial charge in [-0.25, -0.2) is 0 Å². The zero-order valence-corrected chi connectivity index (χ0v) is 16.8. The maximum absolute atomic E-state index is 13.1. The van der Waals surface area contributed by atoms with Gasteiger partial charge in [-0.1, -0.05) is 11.6 Å². The SMILES string of the molecule is Cc1ccc2nc(C)cc(C(=O)N3CCN(CCCOCC(F)(F)F)CC3)c2c1. The Hall–Kier alpha value is -2.19. The predicted octanol–water partition coefficient (Wildman–Crippen LogP) is 3.58. The lowest BCUT2D eigenvalue weighted by molar-refractivity contribution is -0.174. The topological polar surface area (TPSA) is 45.7 Å². The Kier molecular flexibility index (Phi) is 6.74. The fourth-order valence-electron chi connectivity index (χ4n) is 3.57. The maximum atomic E-state index is 13.1. The molecule has 1 aromatic carbocycles. The quantitative estimate of drug-likeness (QED) is 0.685. The summed E-state index contributed by atoms with van der Waals surface area (Å²) in [5, 5.41) is 0.866. The smallest absolute Gasteiger partial charge is 0.372 e. The third-order valence-electron chi connectivity index (χ3n) is 5.01. The van der Waals surface area contributed by atoms with Crippen molar-refractivity contribution in [2.45, 2.75) is 26.4 Å². The van der Waals surface area contributed by atoms with E-state index in [0.717, 1.165) is 22.2 Å². The summed E-state index contributed by atoms with van der Waals surface area (Å²) in [6.07, 6.45) is -3.74. The summed E-state index contributed by atoms with van der Waals surface area (Å²) < 4.78 is 40.8. The van der Waals surface area contributed by atoms with Gasteiger partial charge >= 0.3 is 6.18 Å². The number of nitrogens with zero attached hydrogens (tertiary/aromatic N) is 3. The van der Waals surface area contributed by atoms with E-state index in [9.17, 15) is 18.0 Å². The number of ether oxygens (including phenoxy) is 1. The second-order valence-electron chi connectivity index (χ2n) is 7.49. The number of benzene rings is 1. The lowest BCUT2D eigenvalue weighted by atomic mass is 10.0. The number of carbonyl (C=O) groups excluding carboxylic acids is 1. The first-order chi connectivity index (χ1) is 13.7. The molecule has 8 heteroatoms. The Morgan fingerprint density at radius 3 is 2.55 bits per heavy atom. The van der Waals surface area contributed by atoms with Gasteiger partial charge in [-0.3, -0.25) is 14.7 Å². The van der Waals surface area contributed by atoms with E-state index >= 15 is 0 Å². The first kappa shape index (κ1) is 21.5. The van der Waals surface area contributed by atoms with E-state index < -0.39 is 12.8 Å². The molecule has 0 atom stereocenters. The molecule has 29 heavy (non-hydrogen) atoms. The molecule has 2 heterocycles. The summed E-state index contributed by atoms with van der Waals surface area (Å²) in [4.78, 5) is 21.6. The highest BCUT2D eigenvalue weighted by molar-refractivity contribution is 6.06. The molecule has 0 radical (unpaired) electrons. The summed E-state index contributed by atoms with van der Waals surface area (Å²) in [6, 6.07) is 7.76. The van der Waals surface area contributed by atoms with Gasteiger partial charge in [0.05, 0.1) is 11.1 Å². The minimum atomic E-state index is -4.28. The number of hydrogen-bond acceptors (Lipinski definition) is 4. The molecular formula is C21H26F3N3O2. The predicted molar refractivity (Wildman–Crippen MR) is 105 cm³/mol. The van der Waals surface area contributed by atoms with Crippen LogP contribution in [0.1, 0.15) is 28.0 Å². The van der Waals surface area contributed by atoms with Crippen LogP contribution in [0.2, 0.25) is 0 Å². The Bertz CT molecular complexity index is 862. The van der Waals surface area contributed by atoms with Crippen molar-refractivity contribution in [3.8, 4) is 0 Å². The number of amides is 1. The van der Waals surface area contributed by atoms with Crippen molar-refractivity contribution in [3.63, 3.8) is 0 Å². The molecule has 3 rings (SSSR count). The van der Waals surface area contributed by atoms with Crippen LogP contribution in [0.4, 0.5) is 13.2 Å². The number of pyridine rings is 1. The van der Waals surface area contributed by atoms with E-state index in [-0.39, 0.29) is 12.5 Å². The Balaban J connectivity index is 1.54. The fourth-order valence-corrected chi connectivity index (χ4v) is 3.57. The van der Waals surface area contributed by atoms with Gasteiger partial charge in [0.25, 0.3) is 5.91 Å². The minimum absolute atomic E-state index is 0.000685. The summed E-state index contributed by atoms with van der Waals surface area (Å²) in [6.45, 7) is 6.01. The molecule has 0 bridgehead atoms. The van der Waals surface area contributed by atoms with E-state index in [1.54, 1.807) is 0 Å². The zero-order chi connectivity index (χ0) is 21.0. The van der Waals surface area contributed by atoms with Gasteiger partial charge in [0.2, 0.25) is 0 Å². The Morgan fingerprint density at radius 1 is 1.14 bits per heavy atom. The van der Waals surface area contributed by atoms with Gasteiger partial charge in [0.1, 0.15) is 6.61 Å². The third kappa shape index (κ3) is 5.90. The number of aromatic nitrogens is 1. The van der Waals surface area contributed by atoms with Gasteiger partial charge < -0.3 is 9.64 Å². The molecule has 158 valence electrons. The first-order valence-corrected chi connectivity index (χ1v) is 9.77. The molecule has 1 aromatic heterocycles. The third-order valence-corrected chi connectivity index (χ3v) is 5.01. The van der Waals surface area contributed by atoms with Crippen LogP contribution >= 0.6 is 0 Å². The average Bonchev–Trinajstić information content (AvgIpc) is 2.66. The van der Waals surface area contributed by atoms with Crippen molar-refractivity contribution in [3.05, 3.63) is 41.1 Å². The molecule has 0 saturated carbocycles. The Labute approximate surface area is 168 Å². The number of halogens is 3. The minimum Gasteiger partial charge on any atom is -0.372 e. The molecule has 1 aliphatic heterocycles. The number of aryl methyl sites for hydroxylation is 2. The molecule has 0 spiro atoms. The van der Waals surface area contributed by atoms with Gasteiger partial charge in [0.15, 0.2) is 0 Å². The van der Waals surface area contributed by atoms with Gasteiger partial charge in [-0.15, -0.1) is 0 Å². The second-order valence-corrected chi connectivity index (χ2v) is 7.49. The summed E-state index contributed by atoms with van der Waals surface area (Å²) >= 11 is 0. The molecule has 1 fully saturated rings. The van der Waals surface area contributed by atoms with Gasteiger partial charge in [-0.2, -0.15) is 13.2 Å². The van der Waals surface area contributed by atoms with Crippen molar-refractivity contribution >= 4 is 16.8 Å². The summed E-state index contributed by atoms with van der Waals surface area (Å²) in [5.74, 6) is -0.000685. The normalized spacial score (nSPS) is 15.8. The van der Waals surface area contributed by atoms with Crippen molar-refractivity contribution in [1.29, 1.82) is 0 Å². The van der Waals surface area contributed by atoms with Crippen molar-refractivity contribution in [2.75, 3.05) is 45.9 Å². The molecular weight excluding hydrogens is 383 g/mol. The monoisotopic (exact) mass is 409 g/mol. The highest BCUT2D eigenvalue weighted by Crippen LogP contribution is 2.22. The number of piperazine rings is 1. The van der Waals surface area contributed by atoms with E-state index in [2.05, 4.69) is 14.6 Å². The highest BCUT2D eigenvalue weighted by Gasteiger charge is 2.27. The van der Waals surface area contributed by atoms with Crippen molar-refractivity contribution in [1.82, 2.24) is 14.8 Å². The average molecular weight is 409 g/mol. The lowest BCUT2D eigenvalue weighted by Gasteiger charge is -2.35. The largest absolute Gasteiger partial charge is 0.411 e. The number of alkyl halides is 3. The molecule has 5 nitrogen and oxygen atoms in total. The number of carbonyl (C=O) groups is 1. The molecule has 2 aromatic rings. The standard InChI is InChI=1S/C21H26F3N3O2/c1-15-4-5-19-17(12-15)18(13-16(2)25-19)20(28)27-9-7-26(8-10-27)6-3-11-29-14-21(22,23)24/h4-5,12-13H,3,6-11,14H2,1-2H3. The number of fused-ring (bicyclic) bond motifs is 1. The molecule has 1 amide bonds. The first-order valence-electron chi connectivity index (χ1n) is 9.77. The molecule has 0 N–H and O–H groups in total. The van der Waals surface area contributed by atoms with E-state index in [4.69, 9.17) is 0 Å². The van der Waals surface area contributed by atoms with E-state index in [0.29, 0.717) is 44.7 Å². The van der Waals surface area contributed by atoms with Crippen molar-refractivity contribution < 1.29 is 22.7 Å². The van der Waals surface area contributed by atoms with Crippen LogP contribution in [-0.4, -0.2) is 72.8 Å². The van der Waals surface area contributed by atoms with E-state index in [1.165, 1.54) is 0 Å². The molecule has 0 aliphatic carbocycles. The summed E-state index contributed by atoms with van der Waals surface area (Å²) in [5.41, 5.74) is 3.37. The van der Waals surface area contributed by atoms with Crippen LogP contribution in [0.3, 0.4) is 0 Å². The molecule has 1 saturated heterocycles. The van der Waals surface area contributed by atoms with E-state index in [1.807, 2.05) is 43.0 Å². The molecule has 0 unspecified atom stereocenters. The number of hydrogen-bond donors (Lipinski definition) is 0. The maximum Gasteiger partial charge on any atom is 0.411 e. The van der Waals surface area contributed by atoms with Crippen LogP contribution in [0.25, 0.3) is 10.9 Å².